The highest BCUT2D eigenvalue weighted by molar-refractivity contribution is 5.36. The fourth-order valence-corrected chi connectivity index (χ4v) is 2.34. The molecule has 0 fully saturated rings. The third-order valence-electron chi connectivity index (χ3n) is 3.37. The third-order valence-corrected chi connectivity index (χ3v) is 3.37. The molecule has 0 radical (unpaired) electrons. The van der Waals surface area contributed by atoms with Gasteiger partial charge in [0.15, 0.2) is 0 Å². The highest BCUT2D eigenvalue weighted by Crippen LogP contribution is 2.25. The molecular formula is C14H17NO. The standard InChI is InChI=1S/C14H17NO/c1-11(9-15-10-16)13-7-6-12-4-2-3-5-14(12)8-13/h6-8,11H,2-5,9H2,1H3. The lowest BCUT2D eigenvalue weighted by atomic mass is 9.88. The smallest absolute Gasteiger partial charge is 0.211 e. The van der Waals surface area contributed by atoms with E-state index in [1.54, 1.807) is 6.08 Å². The number of aryl methyl sites for hydroxylation is 2. The summed E-state index contributed by atoms with van der Waals surface area (Å²) in [6, 6.07) is 6.71. The Balaban J connectivity index is 2.19. The second-order valence-electron chi connectivity index (χ2n) is 4.57. The number of hydrogen-bond donors (Lipinski definition) is 0. The molecule has 0 N–H and O–H groups in total. The van der Waals surface area contributed by atoms with Crippen LogP contribution in [0.4, 0.5) is 0 Å². The molecule has 1 aliphatic carbocycles. The zero-order valence-electron chi connectivity index (χ0n) is 9.70. The molecule has 0 saturated carbocycles. The average Bonchev–Trinajstić information content (AvgIpc) is 2.35. The minimum Gasteiger partial charge on any atom is -0.211 e. The van der Waals surface area contributed by atoms with Crippen molar-refractivity contribution in [2.75, 3.05) is 6.54 Å². The minimum absolute atomic E-state index is 0.314. The van der Waals surface area contributed by atoms with Crippen molar-refractivity contribution in [3.05, 3.63) is 34.9 Å². The summed E-state index contributed by atoms with van der Waals surface area (Å²) in [5.41, 5.74) is 4.28. The van der Waals surface area contributed by atoms with E-state index in [9.17, 15) is 4.79 Å². The SMILES string of the molecule is CC(CN=C=O)c1ccc2c(c1)CCCC2. The summed E-state index contributed by atoms with van der Waals surface area (Å²) >= 11 is 0. The van der Waals surface area contributed by atoms with Crippen molar-refractivity contribution in [2.45, 2.75) is 38.5 Å². The number of isocyanates is 1. The van der Waals surface area contributed by atoms with E-state index in [1.165, 1.54) is 42.4 Å². The predicted octanol–water partition coefficient (Wildman–Crippen LogP) is 3.00. The summed E-state index contributed by atoms with van der Waals surface area (Å²) in [4.78, 5) is 13.7. The van der Waals surface area contributed by atoms with Gasteiger partial charge in [0.1, 0.15) is 0 Å². The molecule has 1 atom stereocenters. The van der Waals surface area contributed by atoms with Crippen LogP contribution in [-0.2, 0) is 17.6 Å². The number of benzene rings is 1. The lowest BCUT2D eigenvalue weighted by Gasteiger charge is -2.18. The highest BCUT2D eigenvalue weighted by Gasteiger charge is 2.12. The van der Waals surface area contributed by atoms with Gasteiger partial charge in [-0.1, -0.05) is 25.1 Å². The molecule has 1 aliphatic rings. The van der Waals surface area contributed by atoms with Crippen molar-refractivity contribution in [1.29, 1.82) is 0 Å². The molecule has 2 heteroatoms. The first-order valence-electron chi connectivity index (χ1n) is 5.96. The monoisotopic (exact) mass is 215 g/mol. The van der Waals surface area contributed by atoms with Gasteiger partial charge in [0.25, 0.3) is 0 Å². The molecule has 1 unspecified atom stereocenters. The van der Waals surface area contributed by atoms with Crippen LogP contribution < -0.4 is 0 Å². The topological polar surface area (TPSA) is 29.4 Å². The van der Waals surface area contributed by atoms with Crippen LogP contribution >= 0.6 is 0 Å². The fraction of sp³-hybridized carbons (Fsp3) is 0.500. The van der Waals surface area contributed by atoms with Gasteiger partial charge in [-0.2, -0.15) is 0 Å². The van der Waals surface area contributed by atoms with Gasteiger partial charge in [0.2, 0.25) is 6.08 Å². The molecule has 0 spiro atoms. The molecule has 1 aromatic carbocycles. The first-order valence-corrected chi connectivity index (χ1v) is 5.96. The van der Waals surface area contributed by atoms with Gasteiger partial charge in [0.05, 0.1) is 6.54 Å². The maximum absolute atomic E-state index is 10.1. The third kappa shape index (κ3) is 2.40. The molecule has 0 saturated heterocycles. The van der Waals surface area contributed by atoms with E-state index in [2.05, 4.69) is 30.1 Å². The van der Waals surface area contributed by atoms with Crippen LogP contribution in [0.3, 0.4) is 0 Å². The molecule has 16 heavy (non-hydrogen) atoms. The van der Waals surface area contributed by atoms with Crippen molar-refractivity contribution in [3.63, 3.8) is 0 Å². The van der Waals surface area contributed by atoms with Gasteiger partial charge in [0, 0.05) is 5.92 Å². The number of fused-ring (bicyclic) bond motifs is 1. The van der Waals surface area contributed by atoms with Crippen LogP contribution in [0.2, 0.25) is 0 Å². The van der Waals surface area contributed by atoms with Gasteiger partial charge in [-0.3, -0.25) is 0 Å². The normalized spacial score (nSPS) is 16.1. The van der Waals surface area contributed by atoms with Crippen molar-refractivity contribution < 1.29 is 4.79 Å². The Labute approximate surface area is 96.4 Å². The van der Waals surface area contributed by atoms with Crippen molar-refractivity contribution in [3.8, 4) is 0 Å². The van der Waals surface area contributed by atoms with Crippen molar-refractivity contribution in [1.82, 2.24) is 0 Å². The van der Waals surface area contributed by atoms with Gasteiger partial charge in [-0.25, -0.2) is 9.79 Å². The quantitative estimate of drug-likeness (QED) is 0.563. The van der Waals surface area contributed by atoms with E-state index in [4.69, 9.17) is 0 Å². The zero-order chi connectivity index (χ0) is 11.4. The molecule has 1 aromatic rings. The van der Waals surface area contributed by atoms with Crippen molar-refractivity contribution in [2.24, 2.45) is 4.99 Å². The zero-order valence-corrected chi connectivity index (χ0v) is 9.70. The van der Waals surface area contributed by atoms with Crippen molar-refractivity contribution >= 4 is 6.08 Å². The Hall–Kier alpha value is -1.40. The molecular weight excluding hydrogens is 198 g/mol. The Morgan fingerprint density at radius 1 is 1.31 bits per heavy atom. The Kier molecular flexibility index (Phi) is 3.53. The number of rotatable bonds is 3. The summed E-state index contributed by atoms with van der Waals surface area (Å²) in [6.07, 6.45) is 6.65. The van der Waals surface area contributed by atoms with Crippen LogP contribution in [0.1, 0.15) is 42.4 Å². The molecule has 2 nitrogen and oxygen atoms in total. The van der Waals surface area contributed by atoms with Gasteiger partial charge in [-0.15, -0.1) is 0 Å². The molecule has 0 aliphatic heterocycles. The van der Waals surface area contributed by atoms with Crippen LogP contribution in [0.5, 0.6) is 0 Å². The summed E-state index contributed by atoms with van der Waals surface area (Å²) in [7, 11) is 0. The second kappa shape index (κ2) is 5.09. The molecule has 0 bridgehead atoms. The molecule has 84 valence electrons. The second-order valence-corrected chi connectivity index (χ2v) is 4.57. The molecule has 2 rings (SSSR count). The van der Waals surface area contributed by atoms with E-state index in [0.29, 0.717) is 12.5 Å². The number of hydrogen-bond acceptors (Lipinski definition) is 2. The van der Waals surface area contributed by atoms with E-state index in [-0.39, 0.29) is 0 Å². The van der Waals surface area contributed by atoms with Gasteiger partial charge >= 0.3 is 0 Å². The van der Waals surface area contributed by atoms with E-state index < -0.39 is 0 Å². The fourth-order valence-electron chi connectivity index (χ4n) is 2.34. The van der Waals surface area contributed by atoms with Crippen LogP contribution in [-0.4, -0.2) is 12.6 Å². The highest BCUT2D eigenvalue weighted by atomic mass is 16.1. The lowest BCUT2D eigenvalue weighted by molar-refractivity contribution is 0.561. The van der Waals surface area contributed by atoms with E-state index in [0.717, 1.165) is 0 Å². The van der Waals surface area contributed by atoms with E-state index in [1.807, 2.05) is 0 Å². The summed E-state index contributed by atoms with van der Waals surface area (Å²) in [5.74, 6) is 0.314. The number of aliphatic imine (C=N–C) groups is 1. The lowest BCUT2D eigenvalue weighted by Crippen LogP contribution is -2.05. The molecule has 0 heterocycles. The number of carbonyl (C=O) groups excluding carboxylic acids is 1. The minimum atomic E-state index is 0.314. The maximum Gasteiger partial charge on any atom is 0.234 e. The summed E-state index contributed by atoms with van der Waals surface area (Å²) in [5, 5.41) is 0. The largest absolute Gasteiger partial charge is 0.234 e. The molecule has 0 aromatic heterocycles. The van der Waals surface area contributed by atoms with Crippen LogP contribution in [0.15, 0.2) is 23.2 Å². The Morgan fingerprint density at radius 2 is 2.06 bits per heavy atom. The van der Waals surface area contributed by atoms with Gasteiger partial charge < -0.3 is 0 Å². The van der Waals surface area contributed by atoms with Crippen LogP contribution in [0, 0.1) is 0 Å². The van der Waals surface area contributed by atoms with E-state index >= 15 is 0 Å². The summed E-state index contributed by atoms with van der Waals surface area (Å²) in [6.45, 7) is 2.65. The average molecular weight is 215 g/mol. The maximum atomic E-state index is 10.1. The summed E-state index contributed by atoms with van der Waals surface area (Å²) < 4.78 is 0. The van der Waals surface area contributed by atoms with Gasteiger partial charge in [-0.05, 0) is 42.4 Å². The molecule has 0 amide bonds. The Morgan fingerprint density at radius 3 is 2.81 bits per heavy atom. The Bertz CT molecular complexity index is 419. The number of nitrogens with zero attached hydrogens (tertiary/aromatic N) is 1. The first-order chi connectivity index (χ1) is 7.81. The van der Waals surface area contributed by atoms with Crippen LogP contribution in [0.25, 0.3) is 0 Å². The first kappa shape index (κ1) is 11.1. The predicted molar refractivity (Wildman–Crippen MR) is 64.5 cm³/mol.